The van der Waals surface area contributed by atoms with E-state index in [4.69, 9.17) is 14.2 Å². The summed E-state index contributed by atoms with van der Waals surface area (Å²) < 4.78 is 18.7. The molecule has 0 radical (unpaired) electrons. The molecular formula is C29H32O4. The molecule has 0 amide bonds. The molecule has 0 aromatic heterocycles. The zero-order chi connectivity index (χ0) is 23.2. The van der Waals surface area contributed by atoms with E-state index in [1.807, 2.05) is 20.8 Å². The lowest BCUT2D eigenvalue weighted by Crippen LogP contribution is -2.48. The van der Waals surface area contributed by atoms with Crippen molar-refractivity contribution in [3.63, 3.8) is 0 Å². The maximum absolute atomic E-state index is 12.5. The minimum absolute atomic E-state index is 0.0776. The number of hydrogen-bond acceptors (Lipinski definition) is 4. The van der Waals surface area contributed by atoms with Gasteiger partial charge in [-0.3, -0.25) is 4.79 Å². The Morgan fingerprint density at radius 3 is 2.55 bits per heavy atom. The molecule has 4 heteroatoms. The van der Waals surface area contributed by atoms with Gasteiger partial charge < -0.3 is 14.2 Å². The molecule has 0 aliphatic carbocycles. The van der Waals surface area contributed by atoms with E-state index in [-0.39, 0.29) is 36.8 Å². The Labute approximate surface area is 195 Å². The molecule has 172 valence electrons. The number of carbonyl (C=O) groups excluding carboxylic acids is 1. The van der Waals surface area contributed by atoms with Crippen LogP contribution in [0.25, 0.3) is 10.8 Å². The van der Waals surface area contributed by atoms with Gasteiger partial charge in [-0.05, 0) is 61.6 Å². The number of rotatable bonds is 3. The zero-order valence-electron chi connectivity index (χ0n) is 19.8. The maximum Gasteiger partial charge on any atom is 0.311 e. The van der Waals surface area contributed by atoms with Crippen LogP contribution in [0.15, 0.2) is 60.7 Å². The number of ether oxygens (including phenoxy) is 3. The molecule has 2 heterocycles. The largest absolute Gasteiger partial charge is 0.462 e. The summed E-state index contributed by atoms with van der Waals surface area (Å²) in [6.45, 7) is 8.43. The van der Waals surface area contributed by atoms with E-state index >= 15 is 0 Å². The second-order valence-electron chi connectivity index (χ2n) is 10.4. The van der Waals surface area contributed by atoms with Crippen molar-refractivity contribution in [2.45, 2.75) is 65.0 Å². The Morgan fingerprint density at radius 2 is 1.79 bits per heavy atom. The smallest absolute Gasteiger partial charge is 0.311 e. The van der Waals surface area contributed by atoms with Crippen molar-refractivity contribution in [1.29, 1.82) is 0 Å². The second kappa shape index (κ2) is 8.58. The van der Waals surface area contributed by atoms with Gasteiger partial charge in [0.05, 0.1) is 24.2 Å². The highest BCUT2D eigenvalue weighted by Crippen LogP contribution is 2.47. The van der Waals surface area contributed by atoms with Crippen molar-refractivity contribution in [3.05, 3.63) is 82.9 Å². The molecule has 0 saturated carbocycles. The van der Waals surface area contributed by atoms with Crippen LogP contribution in [-0.2, 0) is 25.6 Å². The number of esters is 1. The van der Waals surface area contributed by atoms with Crippen LogP contribution in [0.3, 0.4) is 0 Å². The Hall–Kier alpha value is -2.69. The first kappa shape index (κ1) is 22.1. The average molecular weight is 445 g/mol. The molecule has 0 bridgehead atoms. The first-order valence-electron chi connectivity index (χ1n) is 11.8. The number of hydrogen-bond donors (Lipinski definition) is 0. The molecule has 0 unspecified atom stereocenters. The van der Waals surface area contributed by atoms with Crippen LogP contribution < -0.4 is 0 Å². The van der Waals surface area contributed by atoms with Gasteiger partial charge in [0.25, 0.3) is 0 Å². The van der Waals surface area contributed by atoms with E-state index < -0.39 is 5.41 Å². The fraction of sp³-hybridized carbons (Fsp3) is 0.414. The minimum Gasteiger partial charge on any atom is -0.462 e. The van der Waals surface area contributed by atoms with Crippen molar-refractivity contribution >= 4 is 16.7 Å². The summed E-state index contributed by atoms with van der Waals surface area (Å²) in [7, 11) is 0. The van der Waals surface area contributed by atoms with Gasteiger partial charge in [-0.15, -0.1) is 0 Å². The monoisotopic (exact) mass is 444 g/mol. The van der Waals surface area contributed by atoms with E-state index in [1.54, 1.807) is 0 Å². The quantitative estimate of drug-likeness (QED) is 0.448. The molecule has 2 aliphatic rings. The first-order valence-corrected chi connectivity index (χ1v) is 11.8. The van der Waals surface area contributed by atoms with E-state index in [0.717, 1.165) is 12.0 Å². The topological polar surface area (TPSA) is 44.8 Å². The molecule has 0 N–H and O–H groups in total. The highest BCUT2D eigenvalue weighted by atomic mass is 16.6. The maximum atomic E-state index is 12.5. The van der Waals surface area contributed by atoms with Crippen LogP contribution in [0.2, 0.25) is 0 Å². The number of fused-ring (bicyclic) bond motifs is 5. The molecule has 1 saturated heterocycles. The number of benzene rings is 3. The van der Waals surface area contributed by atoms with Crippen molar-refractivity contribution in [1.82, 2.24) is 0 Å². The molecule has 4 nitrogen and oxygen atoms in total. The van der Waals surface area contributed by atoms with Crippen LogP contribution in [0.4, 0.5) is 0 Å². The molecule has 5 rings (SSSR count). The van der Waals surface area contributed by atoms with E-state index in [0.29, 0.717) is 6.61 Å². The fourth-order valence-corrected chi connectivity index (χ4v) is 5.04. The third-order valence-electron chi connectivity index (χ3n) is 6.91. The summed E-state index contributed by atoms with van der Waals surface area (Å²) in [6.07, 6.45) is 0.295. The van der Waals surface area contributed by atoms with Gasteiger partial charge in [0.1, 0.15) is 12.7 Å². The van der Waals surface area contributed by atoms with Gasteiger partial charge in [0.2, 0.25) is 0 Å². The molecule has 0 spiro atoms. The lowest BCUT2D eigenvalue weighted by atomic mass is 9.77. The Kier molecular flexibility index (Phi) is 5.75. The summed E-state index contributed by atoms with van der Waals surface area (Å²) in [5.74, 6) is -0.0425. The van der Waals surface area contributed by atoms with Gasteiger partial charge in [-0.2, -0.15) is 0 Å². The van der Waals surface area contributed by atoms with Gasteiger partial charge in [0.15, 0.2) is 0 Å². The lowest BCUT2D eigenvalue weighted by molar-refractivity contribution is -0.189. The van der Waals surface area contributed by atoms with Crippen LogP contribution in [0.5, 0.6) is 0 Å². The molecule has 3 aromatic rings. The van der Waals surface area contributed by atoms with E-state index in [9.17, 15) is 4.79 Å². The van der Waals surface area contributed by atoms with Crippen molar-refractivity contribution in [2.24, 2.45) is 5.41 Å². The Morgan fingerprint density at radius 1 is 1.03 bits per heavy atom. The molecule has 1 fully saturated rings. The summed E-state index contributed by atoms with van der Waals surface area (Å²) in [4.78, 5) is 12.5. The van der Waals surface area contributed by atoms with Crippen molar-refractivity contribution in [2.75, 3.05) is 6.61 Å². The van der Waals surface area contributed by atoms with Gasteiger partial charge in [-0.25, -0.2) is 0 Å². The fourth-order valence-electron chi connectivity index (χ4n) is 5.04. The summed E-state index contributed by atoms with van der Waals surface area (Å²) >= 11 is 0. The first-order chi connectivity index (χ1) is 15.8. The lowest BCUT2D eigenvalue weighted by Gasteiger charge is -2.45. The minimum atomic E-state index is -0.552. The van der Waals surface area contributed by atoms with E-state index in [2.05, 4.69) is 67.6 Å². The predicted octanol–water partition coefficient (Wildman–Crippen LogP) is 6.25. The molecule has 4 atom stereocenters. The predicted molar refractivity (Wildman–Crippen MR) is 129 cm³/mol. The molecular weight excluding hydrogens is 412 g/mol. The number of aryl methyl sites for hydroxylation is 1. The Balaban J connectivity index is 1.50. The highest BCUT2D eigenvalue weighted by Gasteiger charge is 2.44. The molecule has 2 aliphatic heterocycles. The normalized spacial score (nSPS) is 24.7. The zero-order valence-corrected chi connectivity index (χ0v) is 19.8. The van der Waals surface area contributed by atoms with Gasteiger partial charge in [-0.1, -0.05) is 66.2 Å². The van der Waals surface area contributed by atoms with Gasteiger partial charge >= 0.3 is 5.97 Å². The SMILES string of the molecule is Cc1ccc([C@H]2C[C@H]3c4ccc5ccccc5c4CO[C@@H]3[C@@H](COC(=O)C(C)(C)C)O2)cc1. The van der Waals surface area contributed by atoms with Crippen LogP contribution in [0, 0.1) is 12.3 Å². The van der Waals surface area contributed by atoms with Crippen molar-refractivity contribution < 1.29 is 19.0 Å². The second-order valence-corrected chi connectivity index (χ2v) is 10.4. The van der Waals surface area contributed by atoms with Crippen LogP contribution >= 0.6 is 0 Å². The Bertz CT molecular complexity index is 1160. The molecule has 33 heavy (non-hydrogen) atoms. The molecule has 3 aromatic carbocycles. The number of carbonyl (C=O) groups is 1. The summed E-state index contributed by atoms with van der Waals surface area (Å²) in [5.41, 5.74) is 4.42. The summed E-state index contributed by atoms with van der Waals surface area (Å²) in [5, 5.41) is 2.48. The van der Waals surface area contributed by atoms with Crippen LogP contribution in [0.1, 0.15) is 61.5 Å². The third kappa shape index (κ3) is 4.30. The standard InChI is InChI=1S/C29H32O4/c1-18-9-11-20(12-10-18)25-15-23-22-14-13-19-7-5-6-8-21(19)24(22)16-31-27(23)26(33-25)17-32-28(30)29(2,3)4/h5-14,23,25-27H,15-17H2,1-4H3/t23-,25+,26+,27-/m0/s1. The third-order valence-corrected chi connectivity index (χ3v) is 6.91. The summed E-state index contributed by atoms with van der Waals surface area (Å²) in [6, 6.07) is 21.5. The van der Waals surface area contributed by atoms with E-state index in [1.165, 1.54) is 27.5 Å². The average Bonchev–Trinajstić information content (AvgIpc) is 2.81. The van der Waals surface area contributed by atoms with Crippen molar-refractivity contribution in [3.8, 4) is 0 Å². The van der Waals surface area contributed by atoms with Crippen LogP contribution in [-0.4, -0.2) is 24.8 Å². The van der Waals surface area contributed by atoms with Gasteiger partial charge in [0, 0.05) is 5.92 Å². The highest BCUT2D eigenvalue weighted by molar-refractivity contribution is 5.87.